The summed E-state index contributed by atoms with van der Waals surface area (Å²) in [5, 5.41) is 3.31. The molecule has 7 nitrogen and oxygen atoms in total. The zero-order chi connectivity index (χ0) is 21.3. The molecule has 30 heavy (non-hydrogen) atoms. The number of methoxy groups -OCH3 is 1. The van der Waals surface area contributed by atoms with Crippen LogP contribution in [-0.4, -0.2) is 49.6 Å². The molecule has 1 aliphatic rings. The van der Waals surface area contributed by atoms with Crippen molar-refractivity contribution in [2.75, 3.05) is 25.2 Å². The molecule has 1 N–H and O–H groups in total. The number of carbonyl (C=O) groups excluding carboxylic acids is 1. The van der Waals surface area contributed by atoms with Gasteiger partial charge in [-0.1, -0.05) is 17.4 Å². The molecule has 0 saturated carbocycles. The van der Waals surface area contributed by atoms with Gasteiger partial charge in [0.15, 0.2) is 5.13 Å². The lowest BCUT2D eigenvalue weighted by atomic mass is 10.2. The number of hydrogen-bond donors (Lipinski definition) is 1. The van der Waals surface area contributed by atoms with Gasteiger partial charge in [-0.25, -0.2) is 13.4 Å². The third kappa shape index (κ3) is 3.92. The molecule has 10 heteroatoms. The average molecular weight is 464 g/mol. The highest BCUT2D eigenvalue weighted by molar-refractivity contribution is 7.98. The van der Waals surface area contributed by atoms with E-state index in [9.17, 15) is 13.2 Å². The first-order chi connectivity index (χ1) is 14.4. The predicted octanol–water partition coefficient (Wildman–Crippen LogP) is 3.82. The Hall–Kier alpha value is -2.14. The topological polar surface area (TPSA) is 88.6 Å². The van der Waals surface area contributed by atoms with Crippen molar-refractivity contribution in [2.24, 2.45) is 0 Å². The summed E-state index contributed by atoms with van der Waals surface area (Å²) in [6, 6.07) is 11.3. The molecule has 3 aromatic rings. The fraction of sp³-hybridized carbons (Fsp3) is 0.300. The molecular formula is C20H21N3O4S3. The summed E-state index contributed by atoms with van der Waals surface area (Å²) in [7, 11) is -2.27. The third-order valence-electron chi connectivity index (χ3n) is 5.00. The molecule has 4 rings (SSSR count). The number of aromatic nitrogens is 1. The number of thioether (sulfide) groups is 1. The highest BCUT2D eigenvalue weighted by Crippen LogP contribution is 2.33. The lowest BCUT2D eigenvalue weighted by Crippen LogP contribution is -2.43. The second-order valence-electron chi connectivity index (χ2n) is 6.76. The first-order valence-electron chi connectivity index (χ1n) is 9.34. The Bertz CT molecular complexity index is 1180. The van der Waals surface area contributed by atoms with Crippen LogP contribution in [0.3, 0.4) is 0 Å². The molecule has 1 unspecified atom stereocenters. The number of ether oxygens (including phenoxy) is 1. The molecular weight excluding hydrogens is 442 g/mol. The van der Waals surface area contributed by atoms with E-state index >= 15 is 0 Å². The average Bonchev–Trinajstić information content (AvgIpc) is 3.40. The van der Waals surface area contributed by atoms with Crippen molar-refractivity contribution >= 4 is 54.4 Å². The first-order valence-corrected chi connectivity index (χ1v) is 12.8. The third-order valence-corrected chi connectivity index (χ3v) is 8.63. The lowest BCUT2D eigenvalue weighted by Gasteiger charge is -2.23. The molecule has 0 bridgehead atoms. The number of nitrogens with one attached hydrogen (secondary N) is 1. The zero-order valence-electron chi connectivity index (χ0n) is 16.5. The van der Waals surface area contributed by atoms with Crippen molar-refractivity contribution in [2.45, 2.75) is 28.7 Å². The zero-order valence-corrected chi connectivity index (χ0v) is 18.9. The van der Waals surface area contributed by atoms with Crippen molar-refractivity contribution < 1.29 is 17.9 Å². The van der Waals surface area contributed by atoms with E-state index in [-0.39, 0.29) is 10.8 Å². The number of sulfonamides is 1. The molecule has 0 spiro atoms. The Morgan fingerprint density at radius 2 is 2.03 bits per heavy atom. The van der Waals surface area contributed by atoms with Gasteiger partial charge in [0.25, 0.3) is 0 Å². The second-order valence-corrected chi connectivity index (χ2v) is 10.5. The van der Waals surface area contributed by atoms with Gasteiger partial charge in [0, 0.05) is 11.4 Å². The van der Waals surface area contributed by atoms with Gasteiger partial charge in [-0.2, -0.15) is 4.31 Å². The Morgan fingerprint density at radius 1 is 1.27 bits per heavy atom. The molecule has 1 saturated heterocycles. The van der Waals surface area contributed by atoms with Gasteiger partial charge in [0.1, 0.15) is 11.8 Å². The number of benzene rings is 2. The van der Waals surface area contributed by atoms with Crippen molar-refractivity contribution in [3.63, 3.8) is 0 Å². The number of thiazole rings is 1. The number of fused-ring (bicyclic) bond motifs is 1. The highest BCUT2D eigenvalue weighted by Gasteiger charge is 2.39. The molecule has 0 radical (unpaired) electrons. The number of amides is 1. The van der Waals surface area contributed by atoms with Crippen molar-refractivity contribution in [1.82, 2.24) is 9.29 Å². The first kappa shape index (κ1) is 21.1. The van der Waals surface area contributed by atoms with Crippen LogP contribution in [0.4, 0.5) is 5.13 Å². The number of nitrogens with zero attached hydrogens (tertiary/aromatic N) is 2. The highest BCUT2D eigenvalue weighted by atomic mass is 32.2. The van der Waals surface area contributed by atoms with Gasteiger partial charge in [0.05, 0.1) is 22.2 Å². The number of hydrogen-bond acceptors (Lipinski definition) is 7. The maximum Gasteiger partial charge on any atom is 0.244 e. The quantitative estimate of drug-likeness (QED) is 0.559. The molecule has 0 aliphatic carbocycles. The van der Waals surface area contributed by atoms with Crippen LogP contribution in [0.2, 0.25) is 0 Å². The van der Waals surface area contributed by atoms with Crippen LogP contribution in [0.5, 0.6) is 5.75 Å². The van der Waals surface area contributed by atoms with E-state index < -0.39 is 16.1 Å². The number of para-hydroxylation sites is 1. The summed E-state index contributed by atoms with van der Waals surface area (Å²) in [5.74, 6) is 0.222. The number of anilines is 1. The Kier molecular flexibility index (Phi) is 6.01. The van der Waals surface area contributed by atoms with Crippen LogP contribution in [0.15, 0.2) is 52.3 Å². The van der Waals surface area contributed by atoms with Crippen LogP contribution in [-0.2, 0) is 14.8 Å². The van der Waals surface area contributed by atoms with Crippen LogP contribution in [0, 0.1) is 0 Å². The van der Waals surface area contributed by atoms with E-state index in [1.807, 2.05) is 24.5 Å². The van der Waals surface area contributed by atoms with E-state index in [2.05, 4.69) is 10.3 Å². The molecule has 1 atom stereocenters. The van der Waals surface area contributed by atoms with E-state index in [0.29, 0.717) is 30.3 Å². The largest absolute Gasteiger partial charge is 0.497 e. The van der Waals surface area contributed by atoms with Gasteiger partial charge >= 0.3 is 0 Å². The lowest BCUT2D eigenvalue weighted by molar-refractivity contribution is -0.119. The summed E-state index contributed by atoms with van der Waals surface area (Å²) in [6.45, 7) is 0.308. The summed E-state index contributed by atoms with van der Waals surface area (Å²) in [6.07, 6.45) is 3.08. The van der Waals surface area contributed by atoms with Crippen molar-refractivity contribution in [3.05, 3.63) is 42.5 Å². The van der Waals surface area contributed by atoms with Gasteiger partial charge in [-0.05, 0) is 55.5 Å². The fourth-order valence-corrected chi connectivity index (χ4v) is 6.68. The smallest absolute Gasteiger partial charge is 0.244 e. The summed E-state index contributed by atoms with van der Waals surface area (Å²) in [4.78, 5) is 18.7. The summed E-state index contributed by atoms with van der Waals surface area (Å²) in [5.41, 5.74) is 0.847. The van der Waals surface area contributed by atoms with Crippen LogP contribution < -0.4 is 10.1 Å². The van der Waals surface area contributed by atoms with Crippen molar-refractivity contribution in [3.8, 4) is 5.75 Å². The minimum atomic E-state index is -3.79. The Balaban J connectivity index is 1.56. The van der Waals surface area contributed by atoms with Gasteiger partial charge in [-0.3, -0.25) is 4.79 Å². The molecule has 2 heterocycles. The van der Waals surface area contributed by atoms with Crippen LogP contribution in [0.25, 0.3) is 10.2 Å². The second kappa shape index (κ2) is 8.54. The summed E-state index contributed by atoms with van der Waals surface area (Å²) >= 11 is 2.98. The van der Waals surface area contributed by atoms with Crippen molar-refractivity contribution in [1.29, 1.82) is 0 Å². The molecule has 1 aromatic heterocycles. The van der Waals surface area contributed by atoms with Gasteiger partial charge < -0.3 is 10.1 Å². The van der Waals surface area contributed by atoms with Gasteiger partial charge in [-0.15, -0.1) is 11.8 Å². The fourth-order valence-electron chi connectivity index (χ4n) is 3.50. The van der Waals surface area contributed by atoms with Gasteiger partial charge in [0.2, 0.25) is 15.9 Å². The van der Waals surface area contributed by atoms with Crippen LogP contribution >= 0.6 is 23.1 Å². The maximum absolute atomic E-state index is 13.1. The molecule has 1 aliphatic heterocycles. The predicted molar refractivity (Wildman–Crippen MR) is 120 cm³/mol. The minimum Gasteiger partial charge on any atom is -0.497 e. The SMILES string of the molecule is COc1ccc(S(=O)(=O)N2CCCC2C(=O)Nc2nc3c(SC)cccc3s2)cc1. The van der Waals surface area contributed by atoms with E-state index in [1.54, 1.807) is 23.9 Å². The Labute approximate surface area is 183 Å². The molecule has 2 aromatic carbocycles. The number of rotatable bonds is 6. The van der Waals surface area contributed by atoms with Crippen LogP contribution in [0.1, 0.15) is 12.8 Å². The van der Waals surface area contributed by atoms with E-state index in [0.717, 1.165) is 15.1 Å². The molecule has 158 valence electrons. The normalized spacial score (nSPS) is 17.3. The Morgan fingerprint density at radius 3 is 2.73 bits per heavy atom. The molecule has 1 fully saturated rings. The minimum absolute atomic E-state index is 0.146. The monoisotopic (exact) mass is 463 g/mol. The maximum atomic E-state index is 13.1. The standard InChI is InChI=1S/C20H21N3O4S3/c1-27-13-8-10-14(11-9-13)30(25,26)23-12-4-5-15(23)19(24)22-20-21-18-16(28-2)6-3-7-17(18)29-20/h3,6-11,15H,4-5,12H2,1-2H3,(H,21,22,24). The molecule has 1 amide bonds. The summed E-state index contributed by atoms with van der Waals surface area (Å²) < 4.78 is 33.6. The number of carbonyl (C=O) groups is 1. The van der Waals surface area contributed by atoms with E-state index in [1.165, 1.54) is 34.9 Å². The van der Waals surface area contributed by atoms with E-state index in [4.69, 9.17) is 4.74 Å².